The summed E-state index contributed by atoms with van der Waals surface area (Å²) >= 11 is 1.74. The van der Waals surface area contributed by atoms with Crippen LogP contribution in [0, 0.1) is 11.3 Å². The molecule has 1 amide bonds. The molecule has 4 heteroatoms. The number of hydrogen-bond acceptors (Lipinski definition) is 3. The lowest BCUT2D eigenvalue weighted by molar-refractivity contribution is -0.117. The number of rotatable bonds is 2. The minimum absolute atomic E-state index is 0.0273. The molecule has 0 saturated heterocycles. The van der Waals surface area contributed by atoms with E-state index in [1.165, 1.54) is 10.4 Å². The smallest absolute Gasteiger partial charge is 0.231 e. The number of benzene rings is 1. The minimum atomic E-state index is -0.0595. The van der Waals surface area contributed by atoms with Gasteiger partial charge in [0.15, 0.2) is 0 Å². The summed E-state index contributed by atoms with van der Waals surface area (Å²) in [4.78, 5) is 13.8. The van der Waals surface area contributed by atoms with Crippen molar-refractivity contribution in [1.29, 1.82) is 5.26 Å². The summed E-state index contributed by atoms with van der Waals surface area (Å²) in [6.45, 7) is 0. The van der Waals surface area contributed by atoms with Gasteiger partial charge < -0.3 is 5.32 Å². The Bertz CT molecular complexity index is 684. The Kier molecular flexibility index (Phi) is 3.53. The maximum absolute atomic E-state index is 12.4. The van der Waals surface area contributed by atoms with Gasteiger partial charge in [0.1, 0.15) is 0 Å². The van der Waals surface area contributed by atoms with Crippen molar-refractivity contribution in [3.63, 3.8) is 0 Å². The van der Waals surface area contributed by atoms with E-state index in [4.69, 9.17) is 5.26 Å². The molecule has 0 fully saturated rings. The van der Waals surface area contributed by atoms with Crippen LogP contribution < -0.4 is 5.32 Å². The van der Waals surface area contributed by atoms with E-state index >= 15 is 0 Å². The second-order valence-electron chi connectivity index (χ2n) is 4.93. The summed E-state index contributed by atoms with van der Waals surface area (Å²) in [6, 6.07) is 11.2. The van der Waals surface area contributed by atoms with Gasteiger partial charge in [-0.3, -0.25) is 4.79 Å². The molecule has 0 saturated carbocycles. The van der Waals surface area contributed by atoms with E-state index in [0.717, 1.165) is 19.3 Å². The summed E-state index contributed by atoms with van der Waals surface area (Å²) in [5.74, 6) is -0.0322. The molecule has 1 atom stereocenters. The van der Waals surface area contributed by atoms with Gasteiger partial charge in [0, 0.05) is 10.6 Å². The molecule has 2 aromatic rings. The fraction of sp³-hybridized carbons (Fsp3) is 0.250. The monoisotopic (exact) mass is 282 g/mol. The van der Waals surface area contributed by atoms with Gasteiger partial charge in [-0.05, 0) is 54.5 Å². The van der Waals surface area contributed by atoms with Crippen LogP contribution in [0.25, 0.3) is 0 Å². The summed E-state index contributed by atoms with van der Waals surface area (Å²) in [5.41, 5.74) is 2.43. The molecular formula is C16H14N2OS. The number of amides is 1. The van der Waals surface area contributed by atoms with Crippen LogP contribution in [0.4, 0.5) is 5.69 Å². The number of carbonyl (C=O) groups is 1. The predicted molar refractivity (Wildman–Crippen MR) is 79.8 cm³/mol. The second kappa shape index (κ2) is 5.48. The molecule has 0 radical (unpaired) electrons. The first-order valence-electron chi connectivity index (χ1n) is 6.65. The topological polar surface area (TPSA) is 52.9 Å². The second-order valence-corrected chi connectivity index (χ2v) is 5.93. The van der Waals surface area contributed by atoms with Crippen LogP contribution in [-0.2, 0) is 11.2 Å². The Labute approximate surface area is 121 Å². The van der Waals surface area contributed by atoms with Gasteiger partial charge in [-0.15, -0.1) is 11.3 Å². The molecule has 0 aliphatic heterocycles. The number of anilines is 1. The number of aryl methyl sites for hydroxylation is 1. The van der Waals surface area contributed by atoms with E-state index in [1.807, 2.05) is 6.07 Å². The Balaban J connectivity index is 1.79. The molecule has 3 nitrogen and oxygen atoms in total. The van der Waals surface area contributed by atoms with Crippen LogP contribution in [0.3, 0.4) is 0 Å². The molecule has 1 heterocycles. The van der Waals surface area contributed by atoms with E-state index in [9.17, 15) is 4.79 Å². The molecule has 0 spiro atoms. The number of nitriles is 1. The third-order valence-electron chi connectivity index (χ3n) is 3.63. The van der Waals surface area contributed by atoms with E-state index in [1.54, 1.807) is 29.5 Å². The van der Waals surface area contributed by atoms with E-state index < -0.39 is 0 Å². The Morgan fingerprint density at radius 2 is 2.30 bits per heavy atom. The van der Waals surface area contributed by atoms with Crippen molar-refractivity contribution in [2.45, 2.75) is 25.2 Å². The third kappa shape index (κ3) is 2.45. The molecule has 1 aromatic heterocycles. The zero-order valence-electron chi connectivity index (χ0n) is 10.9. The summed E-state index contributed by atoms with van der Waals surface area (Å²) < 4.78 is 0. The molecule has 1 aliphatic carbocycles. The molecule has 100 valence electrons. The number of nitrogens with one attached hydrogen (secondary N) is 1. The highest BCUT2D eigenvalue weighted by atomic mass is 32.1. The SMILES string of the molecule is N#Cc1cccc(NC(=O)C2CCCc3sccc32)c1. The first-order chi connectivity index (χ1) is 9.78. The molecule has 1 aromatic carbocycles. The van der Waals surface area contributed by atoms with Gasteiger partial charge in [-0.1, -0.05) is 6.07 Å². The lowest BCUT2D eigenvalue weighted by atomic mass is 9.87. The van der Waals surface area contributed by atoms with Crippen molar-refractivity contribution in [3.8, 4) is 6.07 Å². The highest BCUT2D eigenvalue weighted by molar-refractivity contribution is 7.10. The van der Waals surface area contributed by atoms with Crippen molar-refractivity contribution >= 4 is 22.9 Å². The maximum Gasteiger partial charge on any atom is 0.231 e. The number of thiophene rings is 1. The van der Waals surface area contributed by atoms with Crippen molar-refractivity contribution in [2.24, 2.45) is 0 Å². The number of nitrogens with zero attached hydrogens (tertiary/aromatic N) is 1. The Morgan fingerprint density at radius 1 is 1.40 bits per heavy atom. The highest BCUT2D eigenvalue weighted by Crippen LogP contribution is 2.35. The molecule has 1 unspecified atom stereocenters. The normalized spacial score (nSPS) is 17.1. The van der Waals surface area contributed by atoms with Gasteiger partial charge >= 0.3 is 0 Å². The van der Waals surface area contributed by atoms with Gasteiger partial charge in [0.2, 0.25) is 5.91 Å². The largest absolute Gasteiger partial charge is 0.326 e. The fourth-order valence-corrected chi connectivity index (χ4v) is 3.64. The van der Waals surface area contributed by atoms with Crippen LogP contribution >= 0.6 is 11.3 Å². The van der Waals surface area contributed by atoms with Crippen molar-refractivity contribution in [3.05, 3.63) is 51.7 Å². The number of hydrogen-bond donors (Lipinski definition) is 1. The van der Waals surface area contributed by atoms with E-state index in [-0.39, 0.29) is 11.8 Å². The highest BCUT2D eigenvalue weighted by Gasteiger charge is 2.27. The summed E-state index contributed by atoms with van der Waals surface area (Å²) in [7, 11) is 0. The van der Waals surface area contributed by atoms with Gasteiger partial charge in [0.25, 0.3) is 0 Å². The van der Waals surface area contributed by atoms with Gasteiger partial charge in [-0.2, -0.15) is 5.26 Å². The summed E-state index contributed by atoms with van der Waals surface area (Å²) in [6.07, 6.45) is 3.04. The Morgan fingerprint density at radius 3 is 3.15 bits per heavy atom. The van der Waals surface area contributed by atoms with E-state index in [2.05, 4.69) is 22.8 Å². The quantitative estimate of drug-likeness (QED) is 0.913. The van der Waals surface area contributed by atoms with Crippen molar-refractivity contribution in [1.82, 2.24) is 0 Å². The van der Waals surface area contributed by atoms with E-state index in [0.29, 0.717) is 11.3 Å². The molecule has 0 bridgehead atoms. The van der Waals surface area contributed by atoms with Gasteiger partial charge in [0.05, 0.1) is 17.6 Å². The molecule has 20 heavy (non-hydrogen) atoms. The molecular weight excluding hydrogens is 268 g/mol. The number of fused-ring (bicyclic) bond motifs is 1. The molecule has 3 rings (SSSR count). The maximum atomic E-state index is 12.4. The van der Waals surface area contributed by atoms with Gasteiger partial charge in [-0.25, -0.2) is 0 Å². The van der Waals surface area contributed by atoms with Crippen molar-refractivity contribution < 1.29 is 4.79 Å². The van der Waals surface area contributed by atoms with Crippen LogP contribution in [0.15, 0.2) is 35.7 Å². The van der Waals surface area contributed by atoms with Crippen LogP contribution in [0.1, 0.15) is 34.8 Å². The summed E-state index contributed by atoms with van der Waals surface area (Å²) in [5, 5.41) is 13.9. The fourth-order valence-electron chi connectivity index (χ4n) is 2.65. The molecule has 1 N–H and O–H groups in total. The predicted octanol–water partition coefficient (Wildman–Crippen LogP) is 3.68. The zero-order valence-corrected chi connectivity index (χ0v) is 11.7. The number of carbonyl (C=O) groups excluding carboxylic acids is 1. The van der Waals surface area contributed by atoms with Crippen LogP contribution in [0.2, 0.25) is 0 Å². The zero-order chi connectivity index (χ0) is 13.9. The molecule has 1 aliphatic rings. The average Bonchev–Trinajstić information content (AvgIpc) is 2.95. The van der Waals surface area contributed by atoms with Crippen LogP contribution in [-0.4, -0.2) is 5.91 Å². The minimum Gasteiger partial charge on any atom is -0.326 e. The standard InChI is InChI=1S/C16H14N2OS/c17-10-11-3-1-4-12(9-11)18-16(19)14-5-2-6-15-13(14)7-8-20-15/h1,3-4,7-9,14H,2,5-6H2,(H,18,19). The average molecular weight is 282 g/mol. The first-order valence-corrected chi connectivity index (χ1v) is 7.53. The lowest BCUT2D eigenvalue weighted by Crippen LogP contribution is -2.23. The Hall–Kier alpha value is -2.12. The first kappa shape index (κ1) is 12.9. The van der Waals surface area contributed by atoms with Crippen molar-refractivity contribution in [2.75, 3.05) is 5.32 Å². The van der Waals surface area contributed by atoms with Crippen LogP contribution in [0.5, 0.6) is 0 Å². The lowest BCUT2D eigenvalue weighted by Gasteiger charge is -2.21. The third-order valence-corrected chi connectivity index (χ3v) is 4.62.